The van der Waals surface area contributed by atoms with Crippen LogP contribution >= 0.6 is 0 Å². The number of pyridine rings is 2. The number of aromatic nitrogens is 6. The highest BCUT2D eigenvalue weighted by atomic mass is 32.2. The van der Waals surface area contributed by atoms with Crippen molar-refractivity contribution in [1.29, 1.82) is 0 Å². The van der Waals surface area contributed by atoms with Crippen molar-refractivity contribution in [3.8, 4) is 34.6 Å². The molecule has 4 aromatic heterocycles. The van der Waals surface area contributed by atoms with Crippen molar-refractivity contribution in [1.82, 2.24) is 29.1 Å². The number of benzene rings is 1. The zero-order valence-corrected chi connectivity index (χ0v) is 22.2. The van der Waals surface area contributed by atoms with Gasteiger partial charge in [0.25, 0.3) is 0 Å². The highest BCUT2D eigenvalue weighted by Crippen LogP contribution is 2.36. The van der Waals surface area contributed by atoms with Crippen molar-refractivity contribution in [2.24, 2.45) is 0 Å². The number of nitrogens with zero attached hydrogens (tertiary/aromatic N) is 6. The average Bonchev–Trinajstić information content (AvgIpc) is 3.56. The molecule has 0 radical (unpaired) electrons. The number of fused-ring (bicyclic) bond motifs is 1. The summed E-state index contributed by atoms with van der Waals surface area (Å²) in [6.45, 7) is 0. The molecule has 1 atom stereocenters. The van der Waals surface area contributed by atoms with Crippen LogP contribution in [0.2, 0.25) is 0 Å². The van der Waals surface area contributed by atoms with Crippen LogP contribution in [0, 0.1) is 0 Å². The second kappa shape index (κ2) is 10.7. The van der Waals surface area contributed by atoms with Crippen LogP contribution < -0.4 is 14.2 Å². The number of ether oxygens (including phenoxy) is 3. The minimum Gasteiger partial charge on any atom is -0.494 e. The van der Waals surface area contributed by atoms with Gasteiger partial charge in [0.2, 0.25) is 5.88 Å². The lowest BCUT2D eigenvalue weighted by atomic mass is 10.2. The van der Waals surface area contributed by atoms with Gasteiger partial charge >= 0.3 is 0 Å². The van der Waals surface area contributed by atoms with E-state index in [1.165, 1.54) is 25.9 Å². The number of rotatable bonds is 10. The lowest BCUT2D eigenvalue weighted by Gasteiger charge is -2.17. The highest BCUT2D eigenvalue weighted by molar-refractivity contribution is 7.90. The van der Waals surface area contributed by atoms with Crippen molar-refractivity contribution in [3.05, 3.63) is 78.5 Å². The maximum atomic E-state index is 13.4. The maximum absolute atomic E-state index is 13.4. The Balaban J connectivity index is 1.56. The Morgan fingerprint density at radius 3 is 2.33 bits per heavy atom. The number of sulfone groups is 1. The molecule has 0 aliphatic rings. The Labute approximate surface area is 224 Å². The number of para-hydroxylation sites is 1. The molecule has 5 rings (SSSR count). The van der Waals surface area contributed by atoms with Crippen molar-refractivity contribution in [2.45, 2.75) is 11.9 Å². The molecule has 0 amide bonds. The van der Waals surface area contributed by atoms with E-state index in [1.54, 1.807) is 59.3 Å². The molecule has 13 heteroatoms. The van der Waals surface area contributed by atoms with E-state index in [0.717, 1.165) is 0 Å². The van der Waals surface area contributed by atoms with Gasteiger partial charge < -0.3 is 23.7 Å². The van der Waals surface area contributed by atoms with E-state index in [9.17, 15) is 13.5 Å². The Morgan fingerprint density at radius 1 is 0.897 bits per heavy atom. The summed E-state index contributed by atoms with van der Waals surface area (Å²) in [6, 6.07) is 15.7. The van der Waals surface area contributed by atoms with E-state index in [1.807, 2.05) is 12.1 Å². The monoisotopic (exact) mass is 550 g/mol. The number of imidazole rings is 1. The fourth-order valence-corrected chi connectivity index (χ4v) is 5.56. The Kier molecular flexibility index (Phi) is 7.17. The minimum absolute atomic E-state index is 0.0830. The zero-order valence-electron chi connectivity index (χ0n) is 21.4. The molecule has 202 valence electrons. The summed E-state index contributed by atoms with van der Waals surface area (Å²) in [5.74, 6) is 0.388. The van der Waals surface area contributed by atoms with E-state index in [2.05, 4.69) is 20.2 Å². The molecule has 0 bridgehead atoms. The van der Waals surface area contributed by atoms with E-state index in [-0.39, 0.29) is 17.3 Å². The van der Waals surface area contributed by atoms with Gasteiger partial charge in [0.15, 0.2) is 21.5 Å². The molecule has 1 aromatic carbocycles. The summed E-state index contributed by atoms with van der Waals surface area (Å²) in [4.78, 5) is 8.79. The van der Waals surface area contributed by atoms with Gasteiger partial charge in [0.1, 0.15) is 40.4 Å². The van der Waals surface area contributed by atoms with E-state index >= 15 is 0 Å². The van der Waals surface area contributed by atoms with Crippen molar-refractivity contribution in [3.63, 3.8) is 0 Å². The Morgan fingerprint density at radius 2 is 1.64 bits per heavy atom. The number of hydrogen-bond donors (Lipinski definition) is 1. The molecule has 0 spiro atoms. The van der Waals surface area contributed by atoms with Gasteiger partial charge in [-0.15, -0.1) is 10.2 Å². The van der Waals surface area contributed by atoms with Crippen LogP contribution in [0.4, 0.5) is 0 Å². The molecule has 1 N–H and O–H groups in total. The smallest absolute Gasteiger partial charge is 0.213 e. The lowest BCUT2D eigenvalue weighted by molar-refractivity contribution is 0.197. The number of methoxy groups -OCH3 is 3. The van der Waals surface area contributed by atoms with Gasteiger partial charge in [-0.2, -0.15) is 0 Å². The third kappa shape index (κ3) is 5.26. The third-order valence-electron chi connectivity index (χ3n) is 6.00. The number of aliphatic hydroxyl groups excluding tert-OH is 1. The summed E-state index contributed by atoms with van der Waals surface area (Å²) < 4.78 is 46.4. The second-order valence-corrected chi connectivity index (χ2v) is 10.7. The molecule has 0 aliphatic carbocycles. The van der Waals surface area contributed by atoms with E-state index in [4.69, 9.17) is 14.2 Å². The van der Waals surface area contributed by atoms with Gasteiger partial charge in [-0.05, 0) is 30.3 Å². The summed E-state index contributed by atoms with van der Waals surface area (Å²) in [7, 11) is 0.560. The normalized spacial score (nSPS) is 12.4. The first kappa shape index (κ1) is 26.1. The molecule has 39 heavy (non-hydrogen) atoms. The molecular formula is C26H26N6O6S. The zero-order chi connectivity index (χ0) is 27.6. The molecule has 5 aromatic rings. The van der Waals surface area contributed by atoms with E-state index < -0.39 is 27.4 Å². The third-order valence-corrected chi connectivity index (χ3v) is 7.52. The predicted molar refractivity (Wildman–Crippen MR) is 142 cm³/mol. The quantitative estimate of drug-likeness (QED) is 0.276. The molecule has 0 aliphatic heterocycles. The maximum Gasteiger partial charge on any atom is 0.213 e. The lowest BCUT2D eigenvalue weighted by Crippen LogP contribution is -2.19. The SMILES string of the molecule is COc1cccc(-c2nnc(CS(=O)(=O)C[C@H](O)c3cn4ccccc4n3)n2-c2c(OC)cccc2OC)n1. The standard InChI is InChI=1S/C26H26N6O6S/c1-36-20-9-7-10-21(37-2)25(20)32-23(29-30-26(32)17-8-6-12-24(28-17)38-3)16-39(34,35)15-19(33)18-14-31-13-5-4-11-22(31)27-18/h4-14,19,33H,15-16H2,1-3H3/t19-/m0/s1. The fourth-order valence-electron chi connectivity index (χ4n) is 4.21. The Bertz CT molecular complexity index is 1680. The van der Waals surface area contributed by atoms with Gasteiger partial charge in [0, 0.05) is 18.5 Å². The van der Waals surface area contributed by atoms with Crippen LogP contribution in [0.15, 0.2) is 67.0 Å². The number of hydrogen-bond acceptors (Lipinski definition) is 10. The van der Waals surface area contributed by atoms with Gasteiger partial charge in [-0.1, -0.05) is 18.2 Å². The number of aliphatic hydroxyl groups is 1. The first-order valence-corrected chi connectivity index (χ1v) is 13.6. The summed E-state index contributed by atoms with van der Waals surface area (Å²) in [6.07, 6.45) is 2.03. The first-order valence-electron chi connectivity index (χ1n) is 11.8. The van der Waals surface area contributed by atoms with Crippen LogP contribution in [0.3, 0.4) is 0 Å². The largest absolute Gasteiger partial charge is 0.494 e. The summed E-state index contributed by atoms with van der Waals surface area (Å²) in [5, 5.41) is 19.3. The van der Waals surface area contributed by atoms with Crippen molar-refractivity contribution < 1.29 is 27.7 Å². The topological polar surface area (TPSA) is 143 Å². The van der Waals surface area contributed by atoms with Crippen molar-refractivity contribution in [2.75, 3.05) is 27.1 Å². The Hall–Kier alpha value is -4.49. The fraction of sp³-hybridized carbons (Fsp3) is 0.231. The second-order valence-electron chi connectivity index (χ2n) is 8.55. The predicted octanol–water partition coefficient (Wildman–Crippen LogP) is 2.65. The highest BCUT2D eigenvalue weighted by Gasteiger charge is 2.28. The van der Waals surface area contributed by atoms with Crippen LogP contribution in [-0.4, -0.2) is 69.7 Å². The molecule has 0 saturated heterocycles. The van der Waals surface area contributed by atoms with Crippen LogP contribution in [0.1, 0.15) is 17.6 Å². The summed E-state index contributed by atoms with van der Waals surface area (Å²) in [5.41, 5.74) is 1.64. The summed E-state index contributed by atoms with van der Waals surface area (Å²) >= 11 is 0. The minimum atomic E-state index is -3.92. The molecule has 0 saturated carbocycles. The van der Waals surface area contributed by atoms with Crippen LogP contribution in [0.5, 0.6) is 17.4 Å². The first-order chi connectivity index (χ1) is 18.8. The molecular weight excluding hydrogens is 524 g/mol. The van der Waals surface area contributed by atoms with Crippen LogP contribution in [0.25, 0.3) is 22.9 Å². The van der Waals surface area contributed by atoms with Crippen molar-refractivity contribution >= 4 is 15.5 Å². The molecule has 0 fully saturated rings. The van der Waals surface area contributed by atoms with Gasteiger partial charge in [-0.25, -0.2) is 18.4 Å². The van der Waals surface area contributed by atoms with E-state index in [0.29, 0.717) is 34.4 Å². The van der Waals surface area contributed by atoms with Gasteiger partial charge in [-0.3, -0.25) is 4.57 Å². The van der Waals surface area contributed by atoms with Crippen LogP contribution in [-0.2, 0) is 15.6 Å². The molecule has 4 heterocycles. The molecule has 0 unspecified atom stereocenters. The van der Waals surface area contributed by atoms with Gasteiger partial charge in [0.05, 0.1) is 32.8 Å². The molecule has 12 nitrogen and oxygen atoms in total. The average molecular weight is 551 g/mol.